The van der Waals surface area contributed by atoms with Gasteiger partial charge in [-0.25, -0.2) is 4.98 Å². The monoisotopic (exact) mass is 187 g/mol. The van der Waals surface area contributed by atoms with Crippen molar-refractivity contribution in [2.24, 2.45) is 0 Å². The first-order valence-electron chi connectivity index (χ1n) is 2.88. The van der Waals surface area contributed by atoms with Crippen LogP contribution in [0.15, 0.2) is 23.7 Å². The Labute approximate surface area is 73.9 Å². The number of hydrogen-bond acceptors (Lipinski definition) is 3. The van der Waals surface area contributed by atoms with Gasteiger partial charge in [0.15, 0.2) is 0 Å². The quantitative estimate of drug-likeness (QED) is 0.687. The van der Waals surface area contributed by atoms with Gasteiger partial charge in [0.1, 0.15) is 5.75 Å². The van der Waals surface area contributed by atoms with Gasteiger partial charge in [0.2, 0.25) is 0 Å². The summed E-state index contributed by atoms with van der Waals surface area (Å²) in [5, 5.41) is 9.03. The van der Waals surface area contributed by atoms with E-state index in [4.69, 9.17) is 5.11 Å². The highest BCUT2D eigenvalue weighted by Crippen LogP contribution is 2.21. The van der Waals surface area contributed by atoms with Crippen LogP contribution in [0.25, 0.3) is 10.2 Å². The van der Waals surface area contributed by atoms with Crippen LogP contribution in [0.1, 0.15) is 0 Å². The summed E-state index contributed by atoms with van der Waals surface area (Å²) in [6, 6.07) is 5.16. The van der Waals surface area contributed by atoms with Crippen LogP contribution in [0.3, 0.4) is 0 Å². The standard InChI is InChI=1S/C7H5NOS.ClH/c9-5-1-2-6-7(3-5)10-4-8-6;/h1-4,9H;1H. The number of thiazole rings is 1. The maximum Gasteiger partial charge on any atom is 0.117 e. The Bertz CT molecular complexity index is 360. The molecule has 0 atom stereocenters. The van der Waals surface area contributed by atoms with Crippen LogP contribution in [-0.4, -0.2) is 10.1 Å². The Morgan fingerprint density at radius 3 is 3.00 bits per heavy atom. The van der Waals surface area contributed by atoms with Gasteiger partial charge in [-0.2, -0.15) is 0 Å². The number of phenols is 1. The first-order valence-corrected chi connectivity index (χ1v) is 3.76. The number of aromatic nitrogens is 1. The molecular formula is C7H6ClNOS. The fraction of sp³-hybridized carbons (Fsp3) is 0. The molecule has 0 spiro atoms. The van der Waals surface area contributed by atoms with Crippen LogP contribution in [0.2, 0.25) is 0 Å². The molecule has 58 valence electrons. The van der Waals surface area contributed by atoms with Crippen molar-refractivity contribution in [3.8, 4) is 5.75 Å². The molecule has 11 heavy (non-hydrogen) atoms. The second-order valence-electron chi connectivity index (χ2n) is 2.00. The fourth-order valence-electron chi connectivity index (χ4n) is 0.844. The molecule has 1 heterocycles. The zero-order valence-electron chi connectivity index (χ0n) is 5.52. The Morgan fingerprint density at radius 2 is 2.18 bits per heavy atom. The van der Waals surface area contributed by atoms with Crippen molar-refractivity contribution >= 4 is 34.0 Å². The average molecular weight is 188 g/mol. The minimum absolute atomic E-state index is 0. The molecule has 1 aromatic heterocycles. The fourth-order valence-corrected chi connectivity index (χ4v) is 1.55. The molecule has 0 amide bonds. The van der Waals surface area contributed by atoms with E-state index >= 15 is 0 Å². The molecule has 2 rings (SSSR count). The van der Waals surface area contributed by atoms with E-state index in [1.54, 1.807) is 23.7 Å². The molecule has 0 saturated carbocycles. The van der Waals surface area contributed by atoms with Crippen LogP contribution in [0.4, 0.5) is 0 Å². The summed E-state index contributed by atoms with van der Waals surface area (Å²) in [5.74, 6) is 0.303. The molecule has 0 aliphatic rings. The third-order valence-corrected chi connectivity index (χ3v) is 2.11. The number of phenolic OH excluding ortho intramolecular Hbond substituents is 1. The number of aromatic hydroxyl groups is 1. The van der Waals surface area contributed by atoms with Crippen molar-refractivity contribution in [1.29, 1.82) is 0 Å². The predicted molar refractivity (Wildman–Crippen MR) is 48.5 cm³/mol. The molecule has 2 nitrogen and oxygen atoms in total. The number of hydrogen-bond donors (Lipinski definition) is 1. The van der Waals surface area contributed by atoms with Crippen molar-refractivity contribution in [1.82, 2.24) is 4.98 Å². The Kier molecular flexibility index (Phi) is 2.31. The highest BCUT2D eigenvalue weighted by atomic mass is 35.5. The minimum atomic E-state index is 0. The van der Waals surface area contributed by atoms with E-state index in [0.717, 1.165) is 10.2 Å². The second-order valence-corrected chi connectivity index (χ2v) is 2.89. The molecule has 0 saturated heterocycles. The molecule has 0 radical (unpaired) electrons. The molecule has 0 unspecified atom stereocenters. The Balaban J connectivity index is 0.000000605. The summed E-state index contributed by atoms with van der Waals surface area (Å²) in [4.78, 5) is 4.07. The molecule has 0 aliphatic carbocycles. The molecule has 0 fully saturated rings. The molecular weight excluding hydrogens is 182 g/mol. The number of halogens is 1. The van der Waals surface area contributed by atoms with Crippen LogP contribution in [0.5, 0.6) is 5.75 Å². The van der Waals surface area contributed by atoms with Crippen LogP contribution in [-0.2, 0) is 0 Å². The van der Waals surface area contributed by atoms with Crippen molar-refractivity contribution < 1.29 is 5.11 Å². The summed E-state index contributed by atoms with van der Waals surface area (Å²) in [7, 11) is 0. The highest BCUT2D eigenvalue weighted by Gasteiger charge is 1.95. The van der Waals surface area contributed by atoms with Gasteiger partial charge in [0.25, 0.3) is 0 Å². The first-order chi connectivity index (χ1) is 4.86. The summed E-state index contributed by atoms with van der Waals surface area (Å²) in [6.45, 7) is 0. The van der Waals surface area contributed by atoms with E-state index in [1.165, 1.54) is 11.3 Å². The zero-order chi connectivity index (χ0) is 6.97. The lowest BCUT2D eigenvalue weighted by Gasteiger charge is -1.87. The number of fused-ring (bicyclic) bond motifs is 1. The van der Waals surface area contributed by atoms with Gasteiger partial charge in [-0.3, -0.25) is 0 Å². The van der Waals surface area contributed by atoms with Gasteiger partial charge >= 0.3 is 0 Å². The van der Waals surface area contributed by atoms with Gasteiger partial charge in [-0.15, -0.1) is 23.7 Å². The van der Waals surface area contributed by atoms with E-state index in [9.17, 15) is 0 Å². The van der Waals surface area contributed by atoms with Crippen LogP contribution >= 0.6 is 23.7 Å². The van der Waals surface area contributed by atoms with Gasteiger partial charge in [0, 0.05) is 0 Å². The SMILES string of the molecule is Cl.Oc1ccc2ncsc2c1. The maximum atomic E-state index is 9.03. The lowest BCUT2D eigenvalue weighted by Crippen LogP contribution is -1.65. The van der Waals surface area contributed by atoms with Gasteiger partial charge < -0.3 is 5.11 Å². The summed E-state index contributed by atoms with van der Waals surface area (Å²) < 4.78 is 1.03. The van der Waals surface area contributed by atoms with E-state index in [1.807, 2.05) is 0 Å². The van der Waals surface area contributed by atoms with E-state index in [0.29, 0.717) is 5.75 Å². The number of rotatable bonds is 0. The summed E-state index contributed by atoms with van der Waals surface area (Å²) in [6.07, 6.45) is 0. The topological polar surface area (TPSA) is 33.1 Å². The molecule has 2 aromatic rings. The van der Waals surface area contributed by atoms with Gasteiger partial charge in [0.05, 0.1) is 15.7 Å². The molecule has 1 N–H and O–H groups in total. The molecule has 1 aromatic carbocycles. The third kappa shape index (κ3) is 1.44. The number of benzene rings is 1. The first kappa shape index (κ1) is 8.30. The van der Waals surface area contributed by atoms with Crippen LogP contribution in [0, 0.1) is 0 Å². The second kappa shape index (κ2) is 3.07. The summed E-state index contributed by atoms with van der Waals surface area (Å²) in [5.41, 5.74) is 2.72. The normalized spacial score (nSPS) is 9.45. The Morgan fingerprint density at radius 1 is 1.36 bits per heavy atom. The van der Waals surface area contributed by atoms with Crippen molar-refractivity contribution in [2.45, 2.75) is 0 Å². The Hall–Kier alpha value is -0.800. The maximum absolute atomic E-state index is 9.03. The molecule has 0 aliphatic heterocycles. The van der Waals surface area contributed by atoms with E-state index < -0.39 is 0 Å². The third-order valence-electron chi connectivity index (χ3n) is 1.31. The zero-order valence-corrected chi connectivity index (χ0v) is 7.15. The van der Waals surface area contributed by atoms with Crippen LogP contribution < -0.4 is 0 Å². The predicted octanol–water partition coefficient (Wildman–Crippen LogP) is 2.42. The van der Waals surface area contributed by atoms with Gasteiger partial charge in [-0.1, -0.05) is 0 Å². The highest BCUT2D eigenvalue weighted by molar-refractivity contribution is 7.16. The van der Waals surface area contributed by atoms with E-state index in [2.05, 4.69) is 4.98 Å². The number of nitrogens with zero attached hydrogens (tertiary/aromatic N) is 1. The van der Waals surface area contributed by atoms with Gasteiger partial charge in [-0.05, 0) is 18.2 Å². The van der Waals surface area contributed by atoms with E-state index in [-0.39, 0.29) is 12.4 Å². The van der Waals surface area contributed by atoms with Crippen molar-refractivity contribution in [2.75, 3.05) is 0 Å². The smallest absolute Gasteiger partial charge is 0.117 e. The molecule has 4 heteroatoms. The van der Waals surface area contributed by atoms with Crippen molar-refractivity contribution in [3.05, 3.63) is 23.7 Å². The summed E-state index contributed by atoms with van der Waals surface area (Å²) >= 11 is 1.53. The largest absolute Gasteiger partial charge is 0.508 e. The molecule has 0 bridgehead atoms. The minimum Gasteiger partial charge on any atom is -0.508 e. The lowest BCUT2D eigenvalue weighted by atomic mass is 10.3. The van der Waals surface area contributed by atoms with Crippen molar-refractivity contribution in [3.63, 3.8) is 0 Å². The average Bonchev–Trinajstić information content (AvgIpc) is 2.33. The lowest BCUT2D eigenvalue weighted by molar-refractivity contribution is 0.476.